The van der Waals surface area contributed by atoms with E-state index in [-0.39, 0.29) is 21.6 Å². The van der Waals surface area contributed by atoms with E-state index in [2.05, 4.69) is 4.98 Å². The molecule has 20 heavy (non-hydrogen) atoms. The van der Waals surface area contributed by atoms with Gasteiger partial charge in [0.1, 0.15) is 25.6 Å². The van der Waals surface area contributed by atoms with Crippen molar-refractivity contribution >= 4 is 48.2 Å². The van der Waals surface area contributed by atoms with Crippen LogP contribution in [0.2, 0.25) is 10.0 Å². The fraction of sp³-hybridized carbons (Fsp3) is 0. The van der Waals surface area contributed by atoms with E-state index >= 15 is 0 Å². The van der Waals surface area contributed by atoms with Crippen molar-refractivity contribution in [2.45, 2.75) is 0 Å². The standard InChI is InChI=1S/C11H7BCl2N4O2/c12-4-1-5(13)8(6(14)2-4)18-3-17-9(15)7(10(16)19)11(18)20/h1-3H,15H2,(H2,16,19). The Hall–Kier alpha value is -1.99. The number of aromatic nitrogens is 2. The molecular formula is C11H7BCl2N4O2. The molecular weight excluding hydrogens is 302 g/mol. The number of benzene rings is 1. The molecule has 0 aliphatic rings. The van der Waals surface area contributed by atoms with Crippen LogP contribution in [0.15, 0.2) is 23.3 Å². The maximum Gasteiger partial charge on any atom is 0.273 e. The SMILES string of the molecule is [B]c1cc(Cl)c(-n2cnc(N)c(C(N)=O)c2=O)c(Cl)c1. The summed E-state index contributed by atoms with van der Waals surface area (Å²) in [5.41, 5.74) is 9.83. The highest BCUT2D eigenvalue weighted by atomic mass is 35.5. The second kappa shape index (κ2) is 5.18. The lowest BCUT2D eigenvalue weighted by Crippen LogP contribution is -2.31. The first kappa shape index (κ1) is 14.4. The van der Waals surface area contributed by atoms with Crippen LogP contribution in [0.1, 0.15) is 10.4 Å². The molecule has 0 spiro atoms. The Kier molecular flexibility index (Phi) is 3.74. The van der Waals surface area contributed by atoms with Crippen molar-refractivity contribution in [1.82, 2.24) is 9.55 Å². The van der Waals surface area contributed by atoms with Crippen molar-refractivity contribution in [3.8, 4) is 5.69 Å². The Morgan fingerprint density at radius 2 is 1.85 bits per heavy atom. The van der Waals surface area contributed by atoms with Crippen molar-refractivity contribution < 1.29 is 4.79 Å². The van der Waals surface area contributed by atoms with Crippen LogP contribution in [0, 0.1) is 0 Å². The van der Waals surface area contributed by atoms with E-state index in [1.807, 2.05) is 0 Å². The van der Waals surface area contributed by atoms with E-state index in [9.17, 15) is 9.59 Å². The van der Waals surface area contributed by atoms with E-state index in [4.69, 9.17) is 42.5 Å². The maximum absolute atomic E-state index is 12.2. The molecule has 2 rings (SSSR count). The van der Waals surface area contributed by atoms with E-state index in [0.717, 1.165) is 10.9 Å². The molecule has 0 aliphatic carbocycles. The van der Waals surface area contributed by atoms with Gasteiger partial charge in [0.05, 0.1) is 15.7 Å². The highest BCUT2D eigenvalue weighted by Gasteiger charge is 2.18. The number of rotatable bonds is 2. The maximum atomic E-state index is 12.2. The molecule has 1 heterocycles. The van der Waals surface area contributed by atoms with Gasteiger partial charge < -0.3 is 11.5 Å². The second-order valence-corrected chi connectivity index (χ2v) is 4.69. The van der Waals surface area contributed by atoms with Gasteiger partial charge in [-0.1, -0.05) is 28.7 Å². The number of carbonyl (C=O) groups is 1. The number of halogens is 2. The van der Waals surface area contributed by atoms with Gasteiger partial charge in [-0.05, 0) is 12.1 Å². The quantitative estimate of drug-likeness (QED) is 0.763. The number of anilines is 1. The predicted molar refractivity (Wildman–Crippen MR) is 78.2 cm³/mol. The summed E-state index contributed by atoms with van der Waals surface area (Å²) in [6, 6.07) is 2.82. The third-order valence-electron chi connectivity index (χ3n) is 2.53. The first-order chi connectivity index (χ1) is 9.32. The number of amides is 1. The van der Waals surface area contributed by atoms with Crippen molar-refractivity contribution in [1.29, 1.82) is 0 Å². The van der Waals surface area contributed by atoms with Gasteiger partial charge in [-0.15, -0.1) is 0 Å². The summed E-state index contributed by atoms with van der Waals surface area (Å²) >= 11 is 12.0. The summed E-state index contributed by atoms with van der Waals surface area (Å²) in [7, 11) is 5.58. The number of nitrogens with two attached hydrogens (primary N) is 2. The minimum absolute atomic E-state index is 0.124. The van der Waals surface area contributed by atoms with E-state index in [0.29, 0.717) is 5.46 Å². The molecule has 1 aromatic carbocycles. The molecule has 0 fully saturated rings. The molecule has 9 heteroatoms. The lowest BCUT2D eigenvalue weighted by molar-refractivity contribution is 0.0999. The van der Waals surface area contributed by atoms with Crippen LogP contribution in [0.3, 0.4) is 0 Å². The zero-order valence-corrected chi connectivity index (χ0v) is 11.4. The Balaban J connectivity index is 2.82. The van der Waals surface area contributed by atoms with Crippen molar-refractivity contribution in [2.24, 2.45) is 5.73 Å². The molecule has 0 atom stereocenters. The third kappa shape index (κ3) is 2.37. The molecule has 1 aromatic heterocycles. The number of hydrogen-bond acceptors (Lipinski definition) is 4. The molecule has 0 aliphatic heterocycles. The van der Waals surface area contributed by atoms with Crippen LogP contribution < -0.4 is 22.5 Å². The average Bonchev–Trinajstić information content (AvgIpc) is 2.30. The van der Waals surface area contributed by atoms with Crippen molar-refractivity contribution in [3.63, 3.8) is 0 Å². The first-order valence-electron chi connectivity index (χ1n) is 5.24. The molecule has 0 saturated heterocycles. The van der Waals surface area contributed by atoms with Gasteiger partial charge >= 0.3 is 0 Å². The third-order valence-corrected chi connectivity index (χ3v) is 3.10. The monoisotopic (exact) mass is 308 g/mol. The second-order valence-electron chi connectivity index (χ2n) is 3.88. The minimum atomic E-state index is -0.989. The molecule has 1 amide bonds. The topological polar surface area (TPSA) is 104 Å². The van der Waals surface area contributed by atoms with Crippen molar-refractivity contribution in [3.05, 3.63) is 44.4 Å². The summed E-state index contributed by atoms with van der Waals surface area (Å²) in [6.45, 7) is 0. The molecule has 4 N–H and O–H groups in total. The molecule has 2 aromatic rings. The highest BCUT2D eigenvalue weighted by molar-refractivity contribution is 6.42. The van der Waals surface area contributed by atoms with E-state index < -0.39 is 17.0 Å². The van der Waals surface area contributed by atoms with Crippen molar-refractivity contribution in [2.75, 3.05) is 5.73 Å². The Labute approximate surface area is 124 Å². The van der Waals surface area contributed by atoms with E-state index in [1.54, 1.807) is 0 Å². The zero-order valence-electron chi connectivity index (χ0n) is 9.93. The number of hydrogen-bond donors (Lipinski definition) is 2. The number of primary amides is 1. The molecule has 0 bridgehead atoms. The molecule has 100 valence electrons. The number of nitrogens with zero attached hydrogens (tertiary/aromatic N) is 2. The van der Waals surface area contributed by atoms with Gasteiger partial charge in [0.25, 0.3) is 11.5 Å². The molecule has 6 nitrogen and oxygen atoms in total. The lowest BCUT2D eigenvalue weighted by Gasteiger charge is -2.12. The summed E-state index contributed by atoms with van der Waals surface area (Å²) < 4.78 is 0.987. The Morgan fingerprint density at radius 1 is 1.30 bits per heavy atom. The predicted octanol–water partition coefficient (Wildman–Crippen LogP) is 0.0142. The fourth-order valence-electron chi connectivity index (χ4n) is 1.67. The van der Waals surface area contributed by atoms with Gasteiger partial charge in [0, 0.05) is 0 Å². The Bertz CT molecular complexity index is 752. The smallest absolute Gasteiger partial charge is 0.273 e. The van der Waals surface area contributed by atoms with Crippen LogP contribution in [0.25, 0.3) is 5.69 Å². The number of carbonyl (C=O) groups excluding carboxylic acids is 1. The lowest BCUT2D eigenvalue weighted by atomic mass is 9.96. The summed E-state index contributed by atoms with van der Waals surface area (Å²) in [4.78, 5) is 27.2. The minimum Gasteiger partial charge on any atom is -0.383 e. The van der Waals surface area contributed by atoms with Gasteiger partial charge in [0.2, 0.25) is 0 Å². The van der Waals surface area contributed by atoms with Gasteiger partial charge in [-0.2, -0.15) is 0 Å². The van der Waals surface area contributed by atoms with Crippen LogP contribution in [-0.4, -0.2) is 23.3 Å². The van der Waals surface area contributed by atoms with Gasteiger partial charge in [-0.25, -0.2) is 4.98 Å². The van der Waals surface area contributed by atoms with Crippen LogP contribution in [-0.2, 0) is 0 Å². The fourth-order valence-corrected chi connectivity index (χ4v) is 2.36. The van der Waals surface area contributed by atoms with Crippen LogP contribution in [0.4, 0.5) is 5.82 Å². The molecule has 0 saturated carbocycles. The average molecular weight is 309 g/mol. The highest BCUT2D eigenvalue weighted by Crippen LogP contribution is 2.26. The Morgan fingerprint density at radius 3 is 2.35 bits per heavy atom. The largest absolute Gasteiger partial charge is 0.383 e. The first-order valence-corrected chi connectivity index (χ1v) is 6.00. The summed E-state index contributed by atoms with van der Waals surface area (Å²) in [5, 5.41) is 0.248. The molecule has 0 unspecified atom stereocenters. The van der Waals surface area contributed by atoms with E-state index in [1.165, 1.54) is 12.1 Å². The normalized spacial score (nSPS) is 10.5. The number of nitrogen functional groups attached to an aromatic ring is 1. The molecule has 2 radical (unpaired) electrons. The zero-order chi connectivity index (χ0) is 15.0. The van der Waals surface area contributed by atoms with Gasteiger partial charge in [0.15, 0.2) is 0 Å². The summed E-state index contributed by atoms with van der Waals surface area (Å²) in [5.74, 6) is -1.25. The van der Waals surface area contributed by atoms with Gasteiger partial charge in [-0.3, -0.25) is 14.2 Å². The van der Waals surface area contributed by atoms with Crippen LogP contribution >= 0.6 is 23.2 Å². The van der Waals surface area contributed by atoms with Crippen LogP contribution in [0.5, 0.6) is 0 Å². The summed E-state index contributed by atoms with van der Waals surface area (Å²) in [6.07, 6.45) is 1.10.